The number of hydrogen-bond donors (Lipinski definition) is 3. The number of fused-ring (bicyclic) bond motifs is 1. The number of ether oxygens (including phenoxy) is 1. The largest absolute Gasteiger partial charge is 0.394 e. The van der Waals surface area contributed by atoms with E-state index in [0.717, 1.165) is 31.2 Å². The van der Waals surface area contributed by atoms with Crippen LogP contribution in [0.3, 0.4) is 0 Å². The van der Waals surface area contributed by atoms with Crippen LogP contribution in [0.1, 0.15) is 78.2 Å². The number of aliphatic hydroxyl groups excluding tert-OH is 1. The summed E-state index contributed by atoms with van der Waals surface area (Å²) >= 11 is 0. The first kappa shape index (κ1) is 28.1. The van der Waals surface area contributed by atoms with Crippen LogP contribution >= 0.6 is 0 Å². The maximum Gasteiger partial charge on any atom is 0.246 e. The van der Waals surface area contributed by atoms with E-state index in [1.54, 1.807) is 4.90 Å². The lowest BCUT2D eigenvalue weighted by Gasteiger charge is -2.38. The van der Waals surface area contributed by atoms with E-state index in [1.807, 2.05) is 51.1 Å². The highest BCUT2D eigenvalue weighted by Crippen LogP contribution is 2.65. The number of carbonyl (C=O) groups is 3. The number of amides is 3. The molecule has 0 radical (unpaired) electrons. The maximum atomic E-state index is 14.4. The summed E-state index contributed by atoms with van der Waals surface area (Å²) in [4.78, 5) is 44.0. The Hall–Kier alpha value is -2.45. The van der Waals surface area contributed by atoms with Crippen molar-refractivity contribution in [3.8, 4) is 0 Å². The average molecular weight is 540 g/mol. The molecule has 1 spiro atoms. The van der Waals surface area contributed by atoms with Gasteiger partial charge >= 0.3 is 0 Å². The van der Waals surface area contributed by atoms with Gasteiger partial charge in [0.05, 0.1) is 30.1 Å². The molecule has 4 fully saturated rings. The van der Waals surface area contributed by atoms with Gasteiger partial charge in [-0.3, -0.25) is 14.4 Å². The molecule has 7 atom stereocenters. The summed E-state index contributed by atoms with van der Waals surface area (Å²) in [6.07, 6.45) is 6.28. The van der Waals surface area contributed by atoms with E-state index < -0.39 is 35.1 Å². The number of carbonyl (C=O) groups excluding carboxylic acids is 3. The van der Waals surface area contributed by atoms with Gasteiger partial charge < -0.3 is 25.4 Å². The molecule has 1 saturated carbocycles. The number of rotatable bonds is 9. The van der Waals surface area contributed by atoms with Gasteiger partial charge in [0.25, 0.3) is 0 Å². The summed E-state index contributed by atoms with van der Waals surface area (Å²) < 4.78 is 6.83. The van der Waals surface area contributed by atoms with E-state index in [1.165, 1.54) is 6.42 Å². The Morgan fingerprint density at radius 1 is 1.13 bits per heavy atom. The van der Waals surface area contributed by atoms with Crippen molar-refractivity contribution in [1.82, 2.24) is 15.5 Å². The monoisotopic (exact) mass is 539 g/mol. The normalized spacial score (nSPS) is 34.8. The van der Waals surface area contributed by atoms with Gasteiger partial charge in [-0.1, -0.05) is 70.4 Å². The molecule has 2 bridgehead atoms. The Bertz CT molecular complexity index is 1070. The van der Waals surface area contributed by atoms with Crippen LogP contribution in [-0.4, -0.2) is 63.7 Å². The highest BCUT2D eigenvalue weighted by Gasteiger charge is 2.80. The second-order valence-corrected chi connectivity index (χ2v) is 13.0. The molecule has 3 amide bonds. The zero-order valence-corrected chi connectivity index (χ0v) is 23.8. The van der Waals surface area contributed by atoms with Gasteiger partial charge in [0, 0.05) is 12.6 Å². The smallest absolute Gasteiger partial charge is 0.246 e. The van der Waals surface area contributed by atoms with Crippen molar-refractivity contribution in [2.45, 2.75) is 109 Å². The van der Waals surface area contributed by atoms with Crippen LogP contribution in [0.15, 0.2) is 30.3 Å². The molecule has 3 heterocycles. The van der Waals surface area contributed by atoms with Gasteiger partial charge in [-0.15, -0.1) is 0 Å². The van der Waals surface area contributed by atoms with Crippen LogP contribution in [0.2, 0.25) is 0 Å². The van der Waals surface area contributed by atoms with E-state index in [0.29, 0.717) is 19.4 Å². The Morgan fingerprint density at radius 3 is 2.46 bits per heavy atom. The van der Waals surface area contributed by atoms with Crippen molar-refractivity contribution in [3.63, 3.8) is 0 Å². The van der Waals surface area contributed by atoms with Crippen LogP contribution in [0.25, 0.3) is 0 Å². The third kappa shape index (κ3) is 4.77. The third-order valence-corrected chi connectivity index (χ3v) is 9.89. The molecule has 5 rings (SSSR count). The molecular formula is C31H45N3O5. The number of nitrogens with zero attached hydrogens (tertiary/aromatic N) is 1. The molecule has 8 nitrogen and oxygen atoms in total. The summed E-state index contributed by atoms with van der Waals surface area (Å²) in [6.45, 7) is 8.20. The van der Waals surface area contributed by atoms with Crippen LogP contribution in [0, 0.1) is 23.7 Å². The lowest BCUT2D eigenvalue weighted by atomic mass is 9.62. The first-order chi connectivity index (χ1) is 18.6. The molecule has 4 aliphatic rings. The summed E-state index contributed by atoms with van der Waals surface area (Å²) in [7, 11) is 0. The predicted molar refractivity (Wildman–Crippen MR) is 147 cm³/mol. The number of hydrogen-bond acceptors (Lipinski definition) is 5. The van der Waals surface area contributed by atoms with Crippen LogP contribution in [0.5, 0.6) is 0 Å². The van der Waals surface area contributed by atoms with Crippen molar-refractivity contribution in [2.75, 3.05) is 6.61 Å². The van der Waals surface area contributed by atoms with Gasteiger partial charge in [-0.25, -0.2) is 0 Å². The fourth-order valence-electron chi connectivity index (χ4n) is 8.01. The second kappa shape index (κ2) is 10.8. The summed E-state index contributed by atoms with van der Waals surface area (Å²) in [6, 6.07) is 8.39. The minimum atomic E-state index is -1.09. The van der Waals surface area contributed by atoms with E-state index in [2.05, 4.69) is 17.6 Å². The van der Waals surface area contributed by atoms with Crippen LogP contribution in [-0.2, 0) is 25.7 Å². The summed E-state index contributed by atoms with van der Waals surface area (Å²) in [5.74, 6) is -1.95. The third-order valence-electron chi connectivity index (χ3n) is 9.89. The number of aliphatic hydroxyl groups is 1. The second-order valence-electron chi connectivity index (χ2n) is 13.0. The van der Waals surface area contributed by atoms with E-state index in [9.17, 15) is 19.5 Å². The van der Waals surface area contributed by atoms with Crippen molar-refractivity contribution >= 4 is 17.7 Å². The Morgan fingerprint density at radius 2 is 1.82 bits per heavy atom. The van der Waals surface area contributed by atoms with Gasteiger partial charge in [0.1, 0.15) is 11.6 Å². The summed E-state index contributed by atoms with van der Waals surface area (Å²) in [5.41, 5.74) is -0.976. The first-order valence-corrected chi connectivity index (χ1v) is 14.9. The minimum Gasteiger partial charge on any atom is -0.394 e. The maximum absolute atomic E-state index is 14.4. The van der Waals surface area contributed by atoms with E-state index in [4.69, 9.17) is 4.74 Å². The number of likely N-dealkylation sites (tertiary alicyclic amines) is 1. The molecule has 3 aliphatic heterocycles. The quantitative estimate of drug-likeness (QED) is 0.447. The molecule has 3 N–H and O–H groups in total. The van der Waals surface area contributed by atoms with Gasteiger partial charge in [0.2, 0.25) is 17.7 Å². The molecule has 1 aliphatic carbocycles. The van der Waals surface area contributed by atoms with Crippen molar-refractivity contribution in [3.05, 3.63) is 35.9 Å². The topological polar surface area (TPSA) is 108 Å². The lowest BCUT2D eigenvalue weighted by Crippen LogP contribution is -2.59. The van der Waals surface area contributed by atoms with Crippen molar-refractivity contribution < 1.29 is 24.2 Å². The molecular weight excluding hydrogens is 494 g/mol. The molecule has 0 aromatic heterocycles. The molecule has 1 aromatic carbocycles. The standard InChI is InChI=1S/C31H45N3O5/c1-19(2)15-23(18-35)34-26(28(37)33-22-13-9-6-10-14-22)31-16-20(3)30(4,39-31)24(25(31)29(34)38)27(36)32-17-21-11-7-5-8-12-21/h5,7-8,11-12,19-20,22-26,35H,6,9-10,13-18H2,1-4H3,(H,32,36)(H,33,37)/t20?,23-,24-,25+,26?,30+,31?/m1/s1. The lowest BCUT2D eigenvalue weighted by molar-refractivity contribution is -0.151. The minimum absolute atomic E-state index is 0.0170. The zero-order chi connectivity index (χ0) is 27.9. The molecule has 3 saturated heterocycles. The van der Waals surface area contributed by atoms with Gasteiger partial charge in [-0.05, 0) is 50.0 Å². The first-order valence-electron chi connectivity index (χ1n) is 14.9. The Kier molecular flexibility index (Phi) is 7.81. The van der Waals surface area contributed by atoms with Crippen molar-refractivity contribution in [2.24, 2.45) is 23.7 Å². The molecule has 39 heavy (non-hydrogen) atoms. The number of nitrogens with one attached hydrogen (secondary N) is 2. The molecule has 1 aromatic rings. The molecule has 3 unspecified atom stereocenters. The highest BCUT2D eigenvalue weighted by molar-refractivity contribution is 5.99. The zero-order valence-electron chi connectivity index (χ0n) is 23.8. The van der Waals surface area contributed by atoms with Gasteiger partial charge in [-0.2, -0.15) is 0 Å². The van der Waals surface area contributed by atoms with Gasteiger partial charge in [0.15, 0.2) is 0 Å². The molecule has 214 valence electrons. The molecule has 8 heteroatoms. The van der Waals surface area contributed by atoms with Crippen LogP contribution in [0.4, 0.5) is 0 Å². The van der Waals surface area contributed by atoms with E-state index >= 15 is 0 Å². The summed E-state index contributed by atoms with van der Waals surface area (Å²) in [5, 5.41) is 16.8. The van der Waals surface area contributed by atoms with Crippen molar-refractivity contribution in [1.29, 1.82) is 0 Å². The fraction of sp³-hybridized carbons (Fsp3) is 0.710. The highest BCUT2D eigenvalue weighted by atomic mass is 16.5. The fourth-order valence-corrected chi connectivity index (χ4v) is 8.01. The Labute approximate surface area is 232 Å². The Balaban J connectivity index is 1.50. The average Bonchev–Trinajstić information content (AvgIpc) is 3.43. The number of benzene rings is 1. The predicted octanol–water partition coefficient (Wildman–Crippen LogP) is 3.17. The van der Waals surface area contributed by atoms with E-state index in [-0.39, 0.29) is 42.2 Å². The SMILES string of the molecule is CC(C)C[C@H](CO)N1C(=O)[C@@H]2[C@H](C(=O)NCc3ccccc3)[C@@]3(C)OC2(CC3C)C1C(=O)NC1CCCCC1. The van der Waals surface area contributed by atoms with Crippen LogP contribution < -0.4 is 10.6 Å².